The van der Waals surface area contributed by atoms with E-state index in [9.17, 15) is 9.90 Å². The number of benzene rings is 2. The van der Waals surface area contributed by atoms with Crippen LogP contribution >= 0.6 is 11.6 Å². The highest BCUT2D eigenvalue weighted by Gasteiger charge is 2.30. The average molecular weight is 311 g/mol. The van der Waals surface area contributed by atoms with Gasteiger partial charge in [-0.1, -0.05) is 41.9 Å². The minimum Gasteiger partial charge on any atom is -0.476 e. The molecule has 0 amide bonds. The summed E-state index contributed by atoms with van der Waals surface area (Å²) in [5.41, 5.74) is 4.61. The van der Waals surface area contributed by atoms with E-state index in [0.717, 1.165) is 28.1 Å². The fraction of sp³-hybridized carbons (Fsp3) is 0.0588. The van der Waals surface area contributed by atoms with Crippen LogP contribution in [0.1, 0.15) is 21.6 Å². The molecule has 3 aromatic rings. The number of hydrogen-bond donors (Lipinski definition) is 1. The zero-order valence-electron chi connectivity index (χ0n) is 11.5. The van der Waals surface area contributed by atoms with E-state index in [2.05, 4.69) is 5.10 Å². The zero-order valence-corrected chi connectivity index (χ0v) is 12.2. The molecule has 0 fully saturated rings. The number of aromatic carboxylic acids is 1. The number of carboxylic acids is 1. The first-order valence-corrected chi connectivity index (χ1v) is 7.22. The maximum Gasteiger partial charge on any atom is 0.356 e. The van der Waals surface area contributed by atoms with Gasteiger partial charge < -0.3 is 5.11 Å². The molecule has 0 saturated carbocycles. The fourth-order valence-corrected chi connectivity index (χ4v) is 3.14. The van der Waals surface area contributed by atoms with Crippen LogP contribution in [0.2, 0.25) is 5.02 Å². The van der Waals surface area contributed by atoms with E-state index in [1.165, 1.54) is 0 Å². The predicted molar refractivity (Wildman–Crippen MR) is 83.8 cm³/mol. The van der Waals surface area contributed by atoms with Gasteiger partial charge in [0, 0.05) is 22.6 Å². The van der Waals surface area contributed by atoms with Crippen molar-refractivity contribution in [3.8, 4) is 16.9 Å². The van der Waals surface area contributed by atoms with Gasteiger partial charge in [0.25, 0.3) is 0 Å². The van der Waals surface area contributed by atoms with Gasteiger partial charge in [-0.05, 0) is 23.8 Å². The van der Waals surface area contributed by atoms with Crippen molar-refractivity contribution in [2.75, 3.05) is 0 Å². The largest absolute Gasteiger partial charge is 0.476 e. The number of rotatable bonds is 2. The summed E-state index contributed by atoms with van der Waals surface area (Å²) in [6, 6.07) is 15.2. The van der Waals surface area contributed by atoms with Crippen molar-refractivity contribution in [2.45, 2.75) is 6.42 Å². The van der Waals surface area contributed by atoms with Crippen molar-refractivity contribution in [2.24, 2.45) is 0 Å². The fourth-order valence-electron chi connectivity index (χ4n) is 2.96. The minimum absolute atomic E-state index is 0.103. The monoisotopic (exact) mass is 310 g/mol. The molecule has 108 valence electrons. The quantitative estimate of drug-likeness (QED) is 0.613. The van der Waals surface area contributed by atoms with Crippen LogP contribution in [0.25, 0.3) is 16.9 Å². The normalized spacial score (nSPS) is 12.0. The second-order valence-electron chi connectivity index (χ2n) is 5.21. The summed E-state index contributed by atoms with van der Waals surface area (Å²) in [5, 5.41) is 14.3. The van der Waals surface area contributed by atoms with E-state index in [4.69, 9.17) is 11.6 Å². The second-order valence-corrected chi connectivity index (χ2v) is 5.64. The first-order chi connectivity index (χ1) is 10.6. The molecule has 1 aromatic heterocycles. The average Bonchev–Trinajstić information content (AvgIpc) is 3.04. The zero-order chi connectivity index (χ0) is 15.3. The van der Waals surface area contributed by atoms with Crippen LogP contribution in [0.3, 0.4) is 0 Å². The van der Waals surface area contributed by atoms with Gasteiger partial charge in [-0.25, -0.2) is 9.48 Å². The van der Waals surface area contributed by atoms with Crippen molar-refractivity contribution in [1.82, 2.24) is 9.78 Å². The number of aromatic nitrogens is 2. The molecule has 1 heterocycles. The molecule has 2 aromatic carbocycles. The lowest BCUT2D eigenvalue weighted by molar-refractivity contribution is 0.0689. The Balaban J connectivity index is 2.02. The van der Waals surface area contributed by atoms with Gasteiger partial charge in [-0.2, -0.15) is 5.10 Å². The number of nitrogens with zero attached hydrogens (tertiary/aromatic N) is 2. The lowest BCUT2D eigenvalue weighted by Crippen LogP contribution is -2.04. The highest BCUT2D eigenvalue weighted by Crippen LogP contribution is 2.39. The number of halogens is 1. The molecule has 4 nitrogen and oxygen atoms in total. The summed E-state index contributed by atoms with van der Waals surface area (Å²) in [5.74, 6) is -1.01. The SMILES string of the molecule is O=C(O)c1nn(-c2cccc(Cl)c2)c2c1Cc1ccccc1-2. The molecule has 1 N–H and O–H groups in total. The number of carbonyl (C=O) groups is 1. The highest BCUT2D eigenvalue weighted by atomic mass is 35.5. The van der Waals surface area contributed by atoms with Crippen LogP contribution in [0.15, 0.2) is 48.5 Å². The predicted octanol–water partition coefficient (Wildman–Crippen LogP) is 3.80. The molecule has 0 bridgehead atoms. The highest BCUT2D eigenvalue weighted by molar-refractivity contribution is 6.30. The maximum absolute atomic E-state index is 11.5. The summed E-state index contributed by atoms with van der Waals surface area (Å²) < 4.78 is 1.68. The third-order valence-corrected chi connectivity index (χ3v) is 4.11. The Bertz CT molecular complexity index is 915. The molecule has 0 aliphatic heterocycles. The third kappa shape index (κ3) is 1.84. The van der Waals surface area contributed by atoms with Gasteiger partial charge in [0.1, 0.15) is 0 Å². The first-order valence-electron chi connectivity index (χ1n) is 6.84. The van der Waals surface area contributed by atoms with Crippen LogP contribution in [0, 0.1) is 0 Å². The molecule has 5 heteroatoms. The summed E-state index contributed by atoms with van der Waals surface area (Å²) in [6.07, 6.45) is 0.591. The smallest absolute Gasteiger partial charge is 0.356 e. The van der Waals surface area contributed by atoms with Crippen LogP contribution < -0.4 is 0 Å². The Morgan fingerprint density at radius 1 is 1.18 bits per heavy atom. The molecule has 22 heavy (non-hydrogen) atoms. The van der Waals surface area contributed by atoms with E-state index in [-0.39, 0.29) is 5.69 Å². The van der Waals surface area contributed by atoms with E-state index in [0.29, 0.717) is 11.4 Å². The Morgan fingerprint density at radius 3 is 2.77 bits per heavy atom. The molecule has 0 saturated heterocycles. The van der Waals surface area contributed by atoms with E-state index in [1.807, 2.05) is 36.4 Å². The molecule has 1 aliphatic rings. The lowest BCUT2D eigenvalue weighted by Gasteiger charge is -2.07. The lowest BCUT2D eigenvalue weighted by atomic mass is 10.1. The van der Waals surface area contributed by atoms with Gasteiger partial charge in [-0.3, -0.25) is 0 Å². The second kappa shape index (κ2) is 4.71. The number of fused-ring (bicyclic) bond motifs is 3. The van der Waals surface area contributed by atoms with E-state index < -0.39 is 5.97 Å². The third-order valence-electron chi connectivity index (χ3n) is 3.88. The van der Waals surface area contributed by atoms with Crippen molar-refractivity contribution in [1.29, 1.82) is 0 Å². The molecule has 0 radical (unpaired) electrons. The molecule has 0 spiro atoms. The summed E-state index contributed by atoms with van der Waals surface area (Å²) >= 11 is 6.06. The van der Waals surface area contributed by atoms with Crippen molar-refractivity contribution in [3.63, 3.8) is 0 Å². The molecule has 0 unspecified atom stereocenters. The maximum atomic E-state index is 11.5. The Labute approximate surface area is 131 Å². The van der Waals surface area contributed by atoms with Crippen molar-refractivity contribution >= 4 is 17.6 Å². The van der Waals surface area contributed by atoms with E-state index >= 15 is 0 Å². The summed E-state index contributed by atoms with van der Waals surface area (Å²) in [6.45, 7) is 0. The Morgan fingerprint density at radius 2 is 2.00 bits per heavy atom. The van der Waals surface area contributed by atoms with E-state index in [1.54, 1.807) is 16.8 Å². The molecule has 1 aliphatic carbocycles. The van der Waals surface area contributed by atoms with Gasteiger partial charge in [-0.15, -0.1) is 0 Å². The van der Waals surface area contributed by atoms with Crippen LogP contribution in [0.4, 0.5) is 0 Å². The van der Waals surface area contributed by atoms with Gasteiger partial charge in [0.2, 0.25) is 0 Å². The molecular weight excluding hydrogens is 300 g/mol. The van der Waals surface area contributed by atoms with Crippen molar-refractivity contribution in [3.05, 3.63) is 70.4 Å². The van der Waals surface area contributed by atoms with Gasteiger partial charge in [0.05, 0.1) is 11.4 Å². The first kappa shape index (κ1) is 13.1. The van der Waals surface area contributed by atoms with Gasteiger partial charge >= 0.3 is 5.97 Å². The van der Waals surface area contributed by atoms with Crippen LogP contribution in [-0.4, -0.2) is 20.9 Å². The molecular formula is C17H11ClN2O2. The molecule has 4 rings (SSSR count). The Kier molecular flexibility index (Phi) is 2.81. The number of hydrogen-bond acceptors (Lipinski definition) is 2. The van der Waals surface area contributed by atoms with Crippen molar-refractivity contribution < 1.29 is 9.90 Å². The molecule has 0 atom stereocenters. The standard InChI is InChI=1S/C17H11ClN2O2/c18-11-5-3-6-12(9-11)20-16-13-7-2-1-4-10(13)8-14(16)15(19-20)17(21)22/h1-7,9H,8H2,(H,21,22). The van der Waals surface area contributed by atoms with Crippen LogP contribution in [0.5, 0.6) is 0 Å². The Hall–Kier alpha value is -2.59. The summed E-state index contributed by atoms with van der Waals surface area (Å²) in [7, 11) is 0. The minimum atomic E-state index is -1.01. The number of carboxylic acid groups (broad SMARTS) is 1. The summed E-state index contributed by atoms with van der Waals surface area (Å²) in [4.78, 5) is 11.5. The topological polar surface area (TPSA) is 55.1 Å². The van der Waals surface area contributed by atoms with Crippen LogP contribution in [-0.2, 0) is 6.42 Å². The van der Waals surface area contributed by atoms with Gasteiger partial charge in [0.15, 0.2) is 5.69 Å².